The van der Waals surface area contributed by atoms with E-state index >= 15 is 0 Å². The maximum absolute atomic E-state index is 12.3. The Morgan fingerprint density at radius 3 is 2.29 bits per heavy atom. The van der Waals surface area contributed by atoms with Crippen LogP contribution in [0.3, 0.4) is 0 Å². The Morgan fingerprint density at radius 2 is 1.71 bits per heavy atom. The second kappa shape index (κ2) is 6.23. The number of nitrogens with zero attached hydrogens (tertiary/aromatic N) is 4. The van der Waals surface area contributed by atoms with E-state index in [-0.39, 0.29) is 5.91 Å². The molecular weight excluding hydrogens is 302 g/mol. The zero-order chi connectivity index (χ0) is 17.3. The van der Waals surface area contributed by atoms with E-state index in [9.17, 15) is 4.79 Å². The number of aromatic nitrogens is 4. The summed E-state index contributed by atoms with van der Waals surface area (Å²) in [7, 11) is 0. The van der Waals surface area contributed by atoms with Gasteiger partial charge in [0, 0.05) is 11.3 Å². The van der Waals surface area contributed by atoms with Crippen LogP contribution in [0.1, 0.15) is 32.9 Å². The molecule has 0 aliphatic rings. The summed E-state index contributed by atoms with van der Waals surface area (Å²) in [6, 6.07) is 7.44. The maximum atomic E-state index is 12.3. The molecule has 122 valence electrons. The lowest BCUT2D eigenvalue weighted by molar-refractivity contribution is 0.102. The summed E-state index contributed by atoms with van der Waals surface area (Å²) >= 11 is 0. The number of hydrogen-bond donors (Lipinski definition) is 1. The Bertz CT molecular complexity index is 896. The molecule has 3 aromatic rings. The largest absolute Gasteiger partial charge is 0.319 e. The van der Waals surface area contributed by atoms with Crippen molar-refractivity contribution in [3.8, 4) is 5.95 Å². The second-order valence-electron chi connectivity index (χ2n) is 5.75. The smallest absolute Gasteiger partial charge is 0.256 e. The van der Waals surface area contributed by atoms with Gasteiger partial charge in [-0.15, -0.1) is 0 Å². The fourth-order valence-electron chi connectivity index (χ4n) is 2.44. The zero-order valence-electron chi connectivity index (χ0n) is 14.2. The molecule has 0 aliphatic carbocycles. The van der Waals surface area contributed by atoms with E-state index in [2.05, 4.69) is 20.4 Å². The lowest BCUT2D eigenvalue weighted by Gasteiger charge is -2.08. The van der Waals surface area contributed by atoms with Crippen LogP contribution >= 0.6 is 0 Å². The van der Waals surface area contributed by atoms with Gasteiger partial charge in [0.15, 0.2) is 0 Å². The molecular formula is C18H19N5O. The lowest BCUT2D eigenvalue weighted by Crippen LogP contribution is -2.14. The van der Waals surface area contributed by atoms with Crippen molar-refractivity contribution in [2.24, 2.45) is 0 Å². The van der Waals surface area contributed by atoms with Crippen LogP contribution in [0.15, 0.2) is 36.7 Å². The average molecular weight is 321 g/mol. The molecule has 0 aliphatic heterocycles. The molecule has 0 atom stereocenters. The minimum absolute atomic E-state index is 0.175. The van der Waals surface area contributed by atoms with Crippen molar-refractivity contribution >= 4 is 11.6 Å². The molecule has 0 radical (unpaired) electrons. The van der Waals surface area contributed by atoms with Gasteiger partial charge in [-0.3, -0.25) is 4.79 Å². The van der Waals surface area contributed by atoms with Gasteiger partial charge < -0.3 is 5.32 Å². The normalized spacial score (nSPS) is 10.7. The van der Waals surface area contributed by atoms with E-state index < -0.39 is 0 Å². The monoisotopic (exact) mass is 321 g/mol. The average Bonchev–Trinajstić information content (AvgIpc) is 2.83. The van der Waals surface area contributed by atoms with Gasteiger partial charge in [0.1, 0.15) is 0 Å². The minimum Gasteiger partial charge on any atom is -0.319 e. The first-order valence-electron chi connectivity index (χ1n) is 7.69. The van der Waals surface area contributed by atoms with Gasteiger partial charge in [0.25, 0.3) is 11.9 Å². The van der Waals surface area contributed by atoms with Crippen LogP contribution in [0.25, 0.3) is 5.95 Å². The van der Waals surface area contributed by atoms with Gasteiger partial charge in [0.05, 0.1) is 23.8 Å². The number of carbonyl (C=O) groups excluding carboxylic acids is 1. The van der Waals surface area contributed by atoms with Crippen LogP contribution in [0.2, 0.25) is 0 Å². The Balaban J connectivity index is 1.81. The molecule has 2 heterocycles. The Morgan fingerprint density at radius 1 is 1.04 bits per heavy atom. The van der Waals surface area contributed by atoms with Crippen LogP contribution in [-0.2, 0) is 0 Å². The SMILES string of the molecule is Cc1ccccc1C(=O)Nc1cnc(-n2nc(C)c(C)c2C)nc1. The highest BCUT2D eigenvalue weighted by molar-refractivity contribution is 6.05. The summed E-state index contributed by atoms with van der Waals surface area (Å²) < 4.78 is 1.71. The standard InChI is InChI=1S/C18H19N5O/c1-11-7-5-6-8-16(11)17(24)21-15-9-19-18(20-10-15)23-14(4)12(2)13(3)22-23/h5-10H,1-4H3,(H,21,24). The molecule has 6 heteroatoms. The van der Waals surface area contributed by atoms with E-state index in [1.54, 1.807) is 23.1 Å². The molecule has 1 N–H and O–H groups in total. The number of anilines is 1. The van der Waals surface area contributed by atoms with E-state index in [0.717, 1.165) is 22.5 Å². The van der Waals surface area contributed by atoms with Crippen molar-refractivity contribution in [1.82, 2.24) is 19.7 Å². The number of carbonyl (C=O) groups is 1. The lowest BCUT2D eigenvalue weighted by atomic mass is 10.1. The summed E-state index contributed by atoms with van der Waals surface area (Å²) in [4.78, 5) is 20.9. The summed E-state index contributed by atoms with van der Waals surface area (Å²) in [6.07, 6.45) is 3.18. The van der Waals surface area contributed by atoms with Crippen LogP contribution < -0.4 is 5.32 Å². The summed E-state index contributed by atoms with van der Waals surface area (Å²) in [6.45, 7) is 7.85. The van der Waals surface area contributed by atoms with Crippen molar-refractivity contribution in [3.05, 3.63) is 64.7 Å². The summed E-state index contributed by atoms with van der Waals surface area (Å²) in [5, 5.41) is 7.25. The molecule has 24 heavy (non-hydrogen) atoms. The van der Waals surface area contributed by atoms with Crippen molar-refractivity contribution in [3.63, 3.8) is 0 Å². The predicted molar refractivity (Wildman–Crippen MR) is 92.5 cm³/mol. The molecule has 0 fully saturated rings. The van der Waals surface area contributed by atoms with Gasteiger partial charge in [-0.25, -0.2) is 14.6 Å². The highest BCUT2D eigenvalue weighted by atomic mass is 16.1. The van der Waals surface area contributed by atoms with Gasteiger partial charge >= 0.3 is 0 Å². The van der Waals surface area contributed by atoms with Crippen molar-refractivity contribution in [2.75, 3.05) is 5.32 Å². The van der Waals surface area contributed by atoms with Crippen molar-refractivity contribution < 1.29 is 4.79 Å². The summed E-state index contributed by atoms with van der Waals surface area (Å²) in [5.74, 6) is 0.309. The molecule has 0 spiro atoms. The Kier molecular flexibility index (Phi) is 4.12. The molecule has 0 unspecified atom stereocenters. The first-order valence-corrected chi connectivity index (χ1v) is 7.69. The van der Waals surface area contributed by atoms with Gasteiger partial charge in [-0.2, -0.15) is 5.10 Å². The summed E-state index contributed by atoms with van der Waals surface area (Å²) in [5.41, 5.74) is 5.18. The molecule has 0 saturated heterocycles. The fourth-order valence-corrected chi connectivity index (χ4v) is 2.44. The number of amides is 1. The molecule has 3 rings (SSSR count). The first kappa shape index (κ1) is 15.9. The van der Waals surface area contributed by atoms with Gasteiger partial charge in [0.2, 0.25) is 0 Å². The van der Waals surface area contributed by atoms with Crippen LogP contribution in [0.5, 0.6) is 0 Å². The first-order chi connectivity index (χ1) is 11.5. The number of nitrogens with one attached hydrogen (secondary N) is 1. The third-order valence-corrected chi connectivity index (χ3v) is 4.13. The quantitative estimate of drug-likeness (QED) is 0.804. The zero-order valence-corrected chi connectivity index (χ0v) is 14.2. The van der Waals surface area contributed by atoms with Crippen LogP contribution in [0.4, 0.5) is 5.69 Å². The molecule has 1 amide bonds. The highest BCUT2D eigenvalue weighted by Gasteiger charge is 2.12. The van der Waals surface area contributed by atoms with Crippen molar-refractivity contribution in [1.29, 1.82) is 0 Å². The predicted octanol–water partition coefficient (Wildman–Crippen LogP) is 3.15. The fraction of sp³-hybridized carbons (Fsp3) is 0.222. The molecule has 0 saturated carbocycles. The van der Waals surface area contributed by atoms with E-state index in [1.807, 2.05) is 45.9 Å². The second-order valence-corrected chi connectivity index (χ2v) is 5.75. The van der Waals surface area contributed by atoms with Crippen LogP contribution in [0, 0.1) is 27.7 Å². The van der Waals surface area contributed by atoms with Crippen LogP contribution in [-0.4, -0.2) is 25.7 Å². The number of aryl methyl sites for hydroxylation is 2. The van der Waals surface area contributed by atoms with E-state index in [0.29, 0.717) is 17.2 Å². The molecule has 0 bridgehead atoms. The van der Waals surface area contributed by atoms with Gasteiger partial charge in [-0.05, 0) is 44.9 Å². The third kappa shape index (κ3) is 2.90. The number of hydrogen-bond acceptors (Lipinski definition) is 4. The highest BCUT2D eigenvalue weighted by Crippen LogP contribution is 2.15. The maximum Gasteiger partial charge on any atom is 0.256 e. The Labute approximate surface area is 140 Å². The topological polar surface area (TPSA) is 72.7 Å². The molecule has 6 nitrogen and oxygen atoms in total. The minimum atomic E-state index is -0.175. The molecule has 1 aromatic carbocycles. The number of benzene rings is 1. The Hall–Kier alpha value is -3.02. The third-order valence-electron chi connectivity index (χ3n) is 4.13. The molecule has 2 aromatic heterocycles. The van der Waals surface area contributed by atoms with E-state index in [4.69, 9.17) is 0 Å². The number of rotatable bonds is 3. The van der Waals surface area contributed by atoms with Gasteiger partial charge in [-0.1, -0.05) is 18.2 Å². The van der Waals surface area contributed by atoms with E-state index in [1.165, 1.54) is 0 Å². The van der Waals surface area contributed by atoms with Crippen molar-refractivity contribution in [2.45, 2.75) is 27.7 Å².